The molecule has 0 amide bonds. The van der Waals surface area contributed by atoms with Crippen LogP contribution < -0.4 is 5.73 Å². The molecular formula is C12H31NO4Ti. The predicted octanol–water partition coefficient (Wildman–Crippen LogP) is 0.118. The summed E-state index contributed by atoms with van der Waals surface area (Å²) in [5, 5.41) is 33.5. The van der Waals surface area contributed by atoms with Crippen LogP contribution in [0.3, 0.4) is 0 Å². The van der Waals surface area contributed by atoms with Gasteiger partial charge < -0.3 is 40.5 Å². The van der Waals surface area contributed by atoms with Crippen molar-refractivity contribution in [2.24, 2.45) is 5.73 Å². The van der Waals surface area contributed by atoms with E-state index in [1.54, 1.807) is 13.8 Å². The molecule has 18 heavy (non-hydrogen) atoms. The van der Waals surface area contributed by atoms with Crippen LogP contribution in [0.4, 0.5) is 0 Å². The third kappa shape index (κ3) is 43.9. The van der Waals surface area contributed by atoms with Gasteiger partial charge in [0, 0.05) is 19.8 Å². The average Bonchev–Trinajstić information content (AvgIpc) is 2.19. The summed E-state index contributed by atoms with van der Waals surface area (Å²) in [7, 11) is 0. The van der Waals surface area contributed by atoms with Gasteiger partial charge in [-0.1, -0.05) is 0 Å². The van der Waals surface area contributed by atoms with Gasteiger partial charge in [-0.25, -0.2) is 0 Å². The molecule has 6 N–H and O–H groups in total. The van der Waals surface area contributed by atoms with Gasteiger partial charge in [0.05, 0.1) is 5.60 Å². The van der Waals surface area contributed by atoms with Crippen molar-refractivity contribution < 1.29 is 42.1 Å². The van der Waals surface area contributed by atoms with E-state index < -0.39 is 5.60 Å². The van der Waals surface area contributed by atoms with E-state index in [9.17, 15) is 5.11 Å². The Labute approximate surface area is 127 Å². The molecule has 0 heterocycles. The van der Waals surface area contributed by atoms with Gasteiger partial charge >= 0.3 is 21.7 Å². The molecule has 0 rings (SSSR count). The largest absolute Gasteiger partial charge is 2.00 e. The van der Waals surface area contributed by atoms with Gasteiger partial charge in [0.15, 0.2) is 0 Å². The van der Waals surface area contributed by atoms with Crippen molar-refractivity contribution in [2.45, 2.75) is 38.7 Å². The fourth-order valence-electron chi connectivity index (χ4n) is 0.607. The summed E-state index contributed by atoms with van der Waals surface area (Å²) >= 11 is 0. The maximum Gasteiger partial charge on any atom is 2.00 e. The van der Waals surface area contributed by atoms with Crippen LogP contribution in [0.5, 0.6) is 0 Å². The van der Waals surface area contributed by atoms with Crippen LogP contribution in [0.15, 0.2) is 0 Å². The van der Waals surface area contributed by atoms with E-state index in [-0.39, 0.29) is 49.0 Å². The van der Waals surface area contributed by atoms with Gasteiger partial charge in [-0.2, -0.15) is 6.42 Å². The van der Waals surface area contributed by atoms with E-state index in [1.807, 2.05) is 0 Å². The van der Waals surface area contributed by atoms with E-state index >= 15 is 0 Å². The van der Waals surface area contributed by atoms with Crippen LogP contribution in [0.1, 0.15) is 33.1 Å². The van der Waals surface area contributed by atoms with Gasteiger partial charge in [0.25, 0.3) is 0 Å². The second-order valence-electron chi connectivity index (χ2n) is 3.40. The molecule has 0 fully saturated rings. The van der Waals surface area contributed by atoms with E-state index in [2.05, 4.69) is 6.92 Å². The summed E-state index contributed by atoms with van der Waals surface area (Å²) in [4.78, 5) is 0. The number of aliphatic hydroxyl groups is 4. The molecule has 0 aliphatic carbocycles. The summed E-state index contributed by atoms with van der Waals surface area (Å²) in [6.07, 6.45) is 1.50. The molecule has 0 aliphatic heterocycles. The Morgan fingerprint density at radius 2 is 1.33 bits per heavy atom. The molecule has 0 aromatic rings. The zero-order chi connectivity index (χ0) is 13.4. The van der Waals surface area contributed by atoms with E-state index in [0.29, 0.717) is 19.4 Å². The van der Waals surface area contributed by atoms with Gasteiger partial charge in [0.1, 0.15) is 0 Å². The van der Waals surface area contributed by atoms with Crippen molar-refractivity contribution in [2.75, 3.05) is 26.4 Å². The Morgan fingerprint density at radius 3 is 1.44 bits per heavy atom. The molecule has 0 spiro atoms. The van der Waals surface area contributed by atoms with Gasteiger partial charge in [-0.15, -0.1) is 0 Å². The Hall–Kier alpha value is 0.514. The molecule has 0 aliphatic rings. The minimum absolute atomic E-state index is 0. The zero-order valence-electron chi connectivity index (χ0n) is 12.0. The summed E-state index contributed by atoms with van der Waals surface area (Å²) < 4.78 is 0. The molecule has 0 unspecified atom stereocenters. The van der Waals surface area contributed by atoms with E-state index in [4.69, 9.17) is 21.1 Å². The van der Waals surface area contributed by atoms with Gasteiger partial charge in [-0.05, 0) is 33.2 Å². The number of aliphatic hydroxyl groups excluding tert-OH is 3. The Kier molecular flexibility index (Phi) is 45.2. The van der Waals surface area contributed by atoms with E-state index in [1.165, 1.54) is 0 Å². The fraction of sp³-hybridized carbons (Fsp3) is 0.833. The first-order valence-corrected chi connectivity index (χ1v) is 5.49. The van der Waals surface area contributed by atoms with Crippen LogP contribution in [-0.4, -0.2) is 52.4 Å². The SMILES string of the molecule is CC(O)(CCO)CCO.CCO.[CH2-]CCN.[CH3-].[Ti+2]. The molecule has 0 radical (unpaired) electrons. The van der Waals surface area contributed by atoms with Crippen LogP contribution in [0, 0.1) is 14.4 Å². The van der Waals surface area contributed by atoms with Crippen molar-refractivity contribution in [3.63, 3.8) is 0 Å². The number of nitrogens with two attached hydrogens (primary N) is 1. The maximum absolute atomic E-state index is 9.19. The summed E-state index contributed by atoms with van der Waals surface area (Å²) in [6.45, 7) is 7.65. The third-order valence-electron chi connectivity index (χ3n) is 1.50. The van der Waals surface area contributed by atoms with Gasteiger partial charge in [-0.3, -0.25) is 0 Å². The third-order valence-corrected chi connectivity index (χ3v) is 1.50. The molecule has 6 heteroatoms. The molecule has 0 saturated heterocycles. The zero-order valence-corrected chi connectivity index (χ0v) is 13.6. The molecular weight excluding hydrogens is 270 g/mol. The standard InChI is InChI=1S/C6H14O3.C3H8N.C2H6O.CH3.Ti/c1-6(9,2-4-7)3-5-8;1-2-3-4;1-2-3;;/h7-9H,2-5H2,1H3;1-4H2;3H,2H2,1H3;1H3;/q;-1;;-1;+2. The van der Waals surface area contributed by atoms with E-state index in [0.717, 1.165) is 6.42 Å². The summed E-state index contributed by atoms with van der Waals surface area (Å²) in [5.74, 6) is 0. The Balaban J connectivity index is -0.0000000536. The molecule has 0 atom stereocenters. The minimum Gasteiger partial charge on any atom is -0.397 e. The average molecular weight is 301 g/mol. The number of hydrogen-bond donors (Lipinski definition) is 5. The Bertz CT molecular complexity index is 106. The fourth-order valence-corrected chi connectivity index (χ4v) is 0.607. The Morgan fingerprint density at radius 1 is 1.11 bits per heavy atom. The first-order chi connectivity index (χ1) is 7.45. The topological polar surface area (TPSA) is 107 Å². The normalized spacial score (nSPS) is 8.67. The van der Waals surface area contributed by atoms with Crippen molar-refractivity contribution in [1.29, 1.82) is 0 Å². The minimum atomic E-state index is -0.899. The molecule has 0 aromatic heterocycles. The van der Waals surface area contributed by atoms with Gasteiger partial charge in [0.2, 0.25) is 0 Å². The predicted molar refractivity (Wildman–Crippen MR) is 72.2 cm³/mol. The van der Waals surface area contributed by atoms with Crippen molar-refractivity contribution in [3.8, 4) is 0 Å². The van der Waals surface area contributed by atoms with Crippen molar-refractivity contribution in [3.05, 3.63) is 14.4 Å². The number of rotatable bonds is 5. The smallest absolute Gasteiger partial charge is 0.397 e. The first kappa shape index (κ1) is 31.1. The first-order valence-electron chi connectivity index (χ1n) is 5.49. The van der Waals surface area contributed by atoms with Crippen molar-refractivity contribution >= 4 is 0 Å². The molecule has 112 valence electrons. The van der Waals surface area contributed by atoms with Crippen LogP contribution in [0.25, 0.3) is 0 Å². The number of hydrogen-bond acceptors (Lipinski definition) is 5. The van der Waals surface area contributed by atoms with Crippen LogP contribution in [0.2, 0.25) is 0 Å². The van der Waals surface area contributed by atoms with Crippen molar-refractivity contribution in [1.82, 2.24) is 0 Å². The molecule has 0 saturated carbocycles. The second kappa shape index (κ2) is 26.2. The summed E-state index contributed by atoms with van der Waals surface area (Å²) in [5.41, 5.74) is 4.07. The van der Waals surface area contributed by atoms with Crippen LogP contribution in [-0.2, 0) is 21.7 Å². The second-order valence-corrected chi connectivity index (χ2v) is 3.40. The molecule has 0 bridgehead atoms. The van der Waals surface area contributed by atoms with Crippen LogP contribution >= 0.6 is 0 Å². The summed E-state index contributed by atoms with van der Waals surface area (Å²) in [6, 6.07) is 0. The quantitative estimate of drug-likeness (QED) is 0.366. The monoisotopic (exact) mass is 301 g/mol. The maximum atomic E-state index is 9.19. The molecule has 0 aromatic carbocycles. The molecule has 5 nitrogen and oxygen atoms in total.